The summed E-state index contributed by atoms with van der Waals surface area (Å²) in [5.41, 5.74) is 1.10. The molecule has 2 aliphatic heterocycles. The fraction of sp³-hybridized carbons (Fsp3) is 0.525. The standard InChI is InChI=1S/C40H52ClN5O10S2/c1-5-10-29(34(48)36(50)42-20-31(47)44-33(38(52)53)27-11-7-6-8-12-27)43-35(49)30-19-40(57-17-9-18-58-40)23-46(30)37(51)32(45-39(54)56-21-24(2)3)25(4)55-22-26-13-15-28(41)16-14-26/h6-8,11-16,24-25,29-30,32-33H,5,9-10,17-23H2,1-4H3,(H,42,50)(H,43,49)(H,44,47)(H,45,54)(H,52,53). The molecule has 15 nitrogen and oxygen atoms in total. The maximum atomic E-state index is 14.6. The van der Waals surface area contributed by atoms with Gasteiger partial charge in [-0.3, -0.25) is 24.0 Å². The van der Waals surface area contributed by atoms with E-state index < -0.39 is 82.4 Å². The molecule has 18 heteroatoms. The number of carbonyl (C=O) groups is 7. The summed E-state index contributed by atoms with van der Waals surface area (Å²) in [7, 11) is 0. The van der Waals surface area contributed by atoms with Crippen LogP contribution in [0, 0.1) is 5.92 Å². The van der Waals surface area contributed by atoms with E-state index >= 15 is 0 Å². The second kappa shape index (κ2) is 22.2. The highest BCUT2D eigenvalue weighted by Gasteiger charge is 2.52. The first-order chi connectivity index (χ1) is 27.6. The van der Waals surface area contributed by atoms with Gasteiger partial charge in [0.05, 0.1) is 36.0 Å². The Hall–Kier alpha value is -4.32. The highest BCUT2D eigenvalue weighted by atomic mass is 35.5. The first-order valence-corrected chi connectivity index (χ1v) is 21.5. The van der Waals surface area contributed by atoms with Gasteiger partial charge in [0.15, 0.2) is 6.04 Å². The van der Waals surface area contributed by atoms with Crippen LogP contribution in [-0.2, 0) is 44.8 Å². The van der Waals surface area contributed by atoms with Gasteiger partial charge in [0.2, 0.25) is 23.5 Å². The molecule has 5 atom stereocenters. The quantitative estimate of drug-likeness (QED) is 0.127. The van der Waals surface area contributed by atoms with Gasteiger partial charge in [0.25, 0.3) is 5.91 Å². The Bertz CT molecular complexity index is 1760. The van der Waals surface area contributed by atoms with Crippen molar-refractivity contribution in [3.05, 3.63) is 70.7 Å². The Kier molecular flexibility index (Phi) is 17.7. The summed E-state index contributed by atoms with van der Waals surface area (Å²) >= 11 is 9.35. The molecule has 2 aromatic carbocycles. The molecule has 0 radical (unpaired) electrons. The molecule has 5 unspecified atom stereocenters. The molecule has 5 N–H and O–H groups in total. The third kappa shape index (κ3) is 13.4. The van der Waals surface area contributed by atoms with E-state index in [2.05, 4.69) is 21.3 Å². The second-order valence-electron chi connectivity index (χ2n) is 14.6. The van der Waals surface area contributed by atoms with Crippen LogP contribution < -0.4 is 21.3 Å². The number of thioether (sulfide) groups is 2. The lowest BCUT2D eigenvalue weighted by atomic mass is 10.0. The first-order valence-electron chi connectivity index (χ1n) is 19.2. The molecule has 5 amide bonds. The molecule has 2 heterocycles. The van der Waals surface area contributed by atoms with Crippen LogP contribution in [0.2, 0.25) is 5.02 Å². The van der Waals surface area contributed by atoms with Gasteiger partial charge in [0, 0.05) is 18.0 Å². The van der Waals surface area contributed by atoms with Crippen LogP contribution >= 0.6 is 35.1 Å². The van der Waals surface area contributed by atoms with Gasteiger partial charge in [-0.1, -0.05) is 81.3 Å². The molecule has 0 aromatic heterocycles. The van der Waals surface area contributed by atoms with Crippen LogP contribution in [0.4, 0.5) is 4.79 Å². The summed E-state index contributed by atoms with van der Waals surface area (Å²) in [6.07, 6.45) is -0.0241. The normalized spacial score (nSPS) is 18.0. The number of ketones is 1. The van der Waals surface area contributed by atoms with E-state index in [0.717, 1.165) is 23.5 Å². The van der Waals surface area contributed by atoms with Crippen LogP contribution in [0.15, 0.2) is 54.6 Å². The lowest BCUT2D eigenvalue weighted by molar-refractivity contribution is -0.145. The third-order valence-electron chi connectivity index (χ3n) is 9.41. The largest absolute Gasteiger partial charge is 0.479 e. The van der Waals surface area contributed by atoms with Crippen LogP contribution in [0.3, 0.4) is 0 Å². The van der Waals surface area contributed by atoms with Gasteiger partial charge in [-0.15, -0.1) is 23.5 Å². The number of amides is 5. The molecule has 2 saturated heterocycles. The van der Waals surface area contributed by atoms with Gasteiger partial charge >= 0.3 is 12.1 Å². The highest BCUT2D eigenvalue weighted by molar-refractivity contribution is 8.18. The summed E-state index contributed by atoms with van der Waals surface area (Å²) in [6, 6.07) is 9.96. The monoisotopic (exact) mass is 861 g/mol. The van der Waals surface area contributed by atoms with Crippen LogP contribution in [0.25, 0.3) is 0 Å². The van der Waals surface area contributed by atoms with Crippen LogP contribution in [-0.4, -0.2) is 111 Å². The molecule has 0 bridgehead atoms. The lowest BCUT2D eigenvalue weighted by Crippen LogP contribution is -2.59. The van der Waals surface area contributed by atoms with Crippen LogP contribution in [0.1, 0.15) is 70.5 Å². The minimum Gasteiger partial charge on any atom is -0.479 e. The fourth-order valence-corrected chi connectivity index (χ4v) is 9.86. The van der Waals surface area contributed by atoms with Crippen molar-refractivity contribution in [2.75, 3.05) is 31.2 Å². The maximum Gasteiger partial charge on any atom is 0.407 e. The number of Topliss-reactive ketones (excluding diaryl/α,β-unsaturated/α-hetero) is 1. The number of hydrogen-bond acceptors (Lipinski definition) is 11. The topological polar surface area (TPSA) is 210 Å². The molecule has 2 aromatic rings. The Balaban J connectivity index is 1.50. The highest BCUT2D eigenvalue weighted by Crippen LogP contribution is 2.50. The molecule has 0 aliphatic carbocycles. The number of aliphatic carboxylic acids is 1. The van der Waals surface area contributed by atoms with Gasteiger partial charge in [0.1, 0.15) is 12.1 Å². The molecule has 2 aliphatic rings. The van der Waals surface area contributed by atoms with E-state index in [-0.39, 0.29) is 38.5 Å². The maximum absolute atomic E-state index is 14.6. The predicted octanol–water partition coefficient (Wildman–Crippen LogP) is 4.08. The number of nitrogens with zero attached hydrogens (tertiary/aromatic N) is 1. The minimum atomic E-state index is -1.38. The summed E-state index contributed by atoms with van der Waals surface area (Å²) in [5.74, 6) is -3.88. The number of carboxylic acids is 1. The predicted molar refractivity (Wildman–Crippen MR) is 221 cm³/mol. The van der Waals surface area contributed by atoms with E-state index in [4.69, 9.17) is 21.1 Å². The van der Waals surface area contributed by atoms with E-state index in [0.29, 0.717) is 17.0 Å². The first kappa shape index (κ1) is 46.4. The third-order valence-corrected chi connectivity index (χ3v) is 13.0. The van der Waals surface area contributed by atoms with Crippen molar-refractivity contribution in [1.29, 1.82) is 0 Å². The molecule has 58 heavy (non-hydrogen) atoms. The Morgan fingerprint density at radius 1 is 0.948 bits per heavy atom. The molecule has 2 fully saturated rings. The average Bonchev–Trinajstić information content (AvgIpc) is 3.58. The van der Waals surface area contributed by atoms with Crippen molar-refractivity contribution >= 4 is 76.6 Å². The zero-order valence-corrected chi connectivity index (χ0v) is 35.4. The molecule has 4 rings (SSSR count). The van der Waals surface area contributed by atoms with Crippen molar-refractivity contribution in [2.45, 2.75) is 94.3 Å². The van der Waals surface area contributed by atoms with E-state index in [9.17, 15) is 38.7 Å². The number of nitrogens with one attached hydrogen (secondary N) is 4. The summed E-state index contributed by atoms with van der Waals surface area (Å²) in [6.45, 7) is 6.85. The smallest absolute Gasteiger partial charge is 0.407 e. The molecular weight excluding hydrogens is 810 g/mol. The fourth-order valence-electron chi connectivity index (χ4n) is 6.38. The number of benzene rings is 2. The van der Waals surface area contributed by atoms with Crippen LogP contribution in [0.5, 0.6) is 0 Å². The van der Waals surface area contributed by atoms with Crippen molar-refractivity contribution in [1.82, 2.24) is 26.2 Å². The van der Waals surface area contributed by atoms with E-state index in [1.807, 2.05) is 13.8 Å². The molecule has 1 spiro atoms. The number of alkyl carbamates (subject to hydrolysis) is 1. The van der Waals surface area contributed by atoms with Crippen molar-refractivity contribution in [2.24, 2.45) is 5.92 Å². The van der Waals surface area contributed by atoms with Crippen molar-refractivity contribution in [3.63, 3.8) is 0 Å². The van der Waals surface area contributed by atoms with Gasteiger partial charge in [-0.05, 0) is 60.4 Å². The molecule has 316 valence electrons. The Morgan fingerprint density at radius 2 is 1.62 bits per heavy atom. The van der Waals surface area contributed by atoms with E-state index in [1.54, 1.807) is 79.8 Å². The Morgan fingerprint density at radius 3 is 2.24 bits per heavy atom. The van der Waals surface area contributed by atoms with Gasteiger partial charge in [-0.25, -0.2) is 9.59 Å². The Labute approximate surface area is 351 Å². The molecular formula is C40H52ClN5O10S2. The van der Waals surface area contributed by atoms with Crippen molar-refractivity contribution in [3.8, 4) is 0 Å². The number of carbonyl (C=O) groups excluding carboxylic acids is 6. The number of likely N-dealkylation sites (tertiary alicyclic amines) is 1. The number of rotatable bonds is 19. The number of hydrogen-bond donors (Lipinski definition) is 5. The van der Waals surface area contributed by atoms with Gasteiger partial charge < -0.3 is 40.7 Å². The summed E-state index contributed by atoms with van der Waals surface area (Å²) < 4.78 is 10.9. The zero-order valence-electron chi connectivity index (χ0n) is 33.0. The number of carboxylic acid groups (broad SMARTS) is 1. The molecule has 0 saturated carbocycles. The zero-order chi connectivity index (χ0) is 42.4. The number of halogens is 1. The second-order valence-corrected chi connectivity index (χ2v) is 18.2. The van der Waals surface area contributed by atoms with E-state index in [1.165, 1.54) is 17.0 Å². The minimum absolute atomic E-state index is 0.0345. The average molecular weight is 862 g/mol. The summed E-state index contributed by atoms with van der Waals surface area (Å²) in [4.78, 5) is 94.3. The SMILES string of the molecule is CCCC(NC(=O)C1CC2(CN1C(=O)C(NC(=O)OCC(C)C)C(C)OCc1ccc(Cl)cc1)SCCCS2)C(=O)C(=O)NCC(=O)NC(C(=O)O)c1ccccc1. The number of ether oxygens (including phenoxy) is 2. The van der Waals surface area contributed by atoms with Gasteiger partial charge in [-0.2, -0.15) is 0 Å². The summed E-state index contributed by atoms with van der Waals surface area (Å²) in [5, 5.41) is 20.1. The van der Waals surface area contributed by atoms with Crippen molar-refractivity contribution < 1.29 is 48.1 Å². The lowest BCUT2D eigenvalue weighted by Gasteiger charge is -2.33.